The number of anilines is 1. The number of rotatable bonds is 3. The van der Waals surface area contributed by atoms with Crippen molar-refractivity contribution in [1.82, 2.24) is 5.32 Å². The third kappa shape index (κ3) is 3.00. The van der Waals surface area contributed by atoms with Crippen LogP contribution in [-0.4, -0.2) is 24.4 Å². The van der Waals surface area contributed by atoms with E-state index >= 15 is 0 Å². The van der Waals surface area contributed by atoms with Gasteiger partial charge in [-0.3, -0.25) is 14.5 Å². The van der Waals surface area contributed by atoms with Crippen LogP contribution in [0.25, 0.3) is 0 Å². The molecule has 0 aromatic heterocycles. The van der Waals surface area contributed by atoms with Crippen molar-refractivity contribution in [3.05, 3.63) is 27.1 Å². The summed E-state index contributed by atoms with van der Waals surface area (Å²) in [6.45, 7) is 2.05. The summed E-state index contributed by atoms with van der Waals surface area (Å²) in [5.41, 5.74) is 0.712. The van der Waals surface area contributed by atoms with Gasteiger partial charge >= 0.3 is 0 Å². The van der Waals surface area contributed by atoms with Crippen LogP contribution in [0.3, 0.4) is 0 Å². The van der Waals surface area contributed by atoms with E-state index in [0.717, 1.165) is 15.4 Å². The Morgan fingerprint density at radius 1 is 1.32 bits per heavy atom. The van der Waals surface area contributed by atoms with E-state index in [1.807, 2.05) is 25.1 Å². The van der Waals surface area contributed by atoms with Crippen LogP contribution >= 0.6 is 31.9 Å². The second kappa shape index (κ2) is 6.05. The lowest BCUT2D eigenvalue weighted by Crippen LogP contribution is -2.58. The fourth-order valence-electron chi connectivity index (χ4n) is 2.13. The molecular formula is C13H14Br2N2O2. The van der Waals surface area contributed by atoms with Gasteiger partial charge in [-0.1, -0.05) is 19.4 Å². The molecule has 0 bridgehead atoms. The maximum atomic E-state index is 12.4. The number of benzene rings is 1. The summed E-state index contributed by atoms with van der Waals surface area (Å²) in [5, 5.41) is 2.74. The number of hydrogen-bond donors (Lipinski definition) is 1. The van der Waals surface area contributed by atoms with E-state index in [0.29, 0.717) is 12.1 Å². The normalized spacial score (nSPS) is 19.5. The number of carbonyl (C=O) groups excluding carboxylic acids is 2. The van der Waals surface area contributed by atoms with Gasteiger partial charge in [-0.15, -0.1) is 0 Å². The lowest BCUT2D eigenvalue weighted by molar-refractivity contribution is -0.131. The van der Waals surface area contributed by atoms with Crippen molar-refractivity contribution in [2.45, 2.75) is 25.8 Å². The van der Waals surface area contributed by atoms with Gasteiger partial charge in [-0.05, 0) is 50.4 Å². The Labute approximate surface area is 128 Å². The number of piperazine rings is 1. The van der Waals surface area contributed by atoms with Gasteiger partial charge in [-0.2, -0.15) is 0 Å². The zero-order valence-corrected chi connectivity index (χ0v) is 13.6. The Balaban J connectivity index is 2.37. The van der Waals surface area contributed by atoms with E-state index in [-0.39, 0.29) is 18.4 Å². The van der Waals surface area contributed by atoms with Crippen LogP contribution in [0, 0.1) is 0 Å². The molecule has 1 fully saturated rings. The van der Waals surface area contributed by atoms with Gasteiger partial charge in [0.15, 0.2) is 0 Å². The van der Waals surface area contributed by atoms with Crippen LogP contribution in [0.2, 0.25) is 0 Å². The quantitative estimate of drug-likeness (QED) is 0.863. The monoisotopic (exact) mass is 388 g/mol. The van der Waals surface area contributed by atoms with Crippen LogP contribution in [-0.2, 0) is 9.59 Å². The maximum absolute atomic E-state index is 12.4. The number of nitrogens with zero attached hydrogens (tertiary/aromatic N) is 1. The number of nitrogens with one attached hydrogen (secondary N) is 1. The van der Waals surface area contributed by atoms with Crippen molar-refractivity contribution < 1.29 is 9.59 Å². The summed E-state index contributed by atoms with van der Waals surface area (Å²) in [5.74, 6) is -0.185. The molecule has 1 aromatic rings. The fourth-order valence-corrected chi connectivity index (χ4v) is 3.56. The van der Waals surface area contributed by atoms with Gasteiger partial charge in [0.25, 0.3) is 0 Å². The largest absolute Gasteiger partial charge is 0.343 e. The van der Waals surface area contributed by atoms with Gasteiger partial charge in [0.1, 0.15) is 12.6 Å². The first-order chi connectivity index (χ1) is 9.04. The molecule has 0 spiro atoms. The third-order valence-electron chi connectivity index (χ3n) is 2.99. The molecule has 1 N–H and O–H groups in total. The first-order valence-corrected chi connectivity index (χ1v) is 7.68. The molecule has 102 valence electrons. The highest BCUT2D eigenvalue weighted by Gasteiger charge is 2.34. The first-order valence-electron chi connectivity index (χ1n) is 6.09. The van der Waals surface area contributed by atoms with Crippen LogP contribution in [0.5, 0.6) is 0 Å². The van der Waals surface area contributed by atoms with Gasteiger partial charge in [-0.25, -0.2) is 0 Å². The van der Waals surface area contributed by atoms with Crippen LogP contribution in [0.15, 0.2) is 27.1 Å². The van der Waals surface area contributed by atoms with Crippen molar-refractivity contribution in [2.24, 2.45) is 0 Å². The molecule has 4 nitrogen and oxygen atoms in total. The fraction of sp³-hybridized carbons (Fsp3) is 0.385. The summed E-state index contributed by atoms with van der Waals surface area (Å²) in [6, 6.07) is 5.16. The Kier molecular flexibility index (Phi) is 4.62. The molecule has 0 radical (unpaired) electrons. The molecule has 1 aliphatic heterocycles. The topological polar surface area (TPSA) is 49.4 Å². The Morgan fingerprint density at radius 2 is 1.95 bits per heavy atom. The second-order valence-electron chi connectivity index (χ2n) is 4.40. The van der Waals surface area contributed by atoms with E-state index in [9.17, 15) is 9.59 Å². The number of hydrogen-bond acceptors (Lipinski definition) is 2. The van der Waals surface area contributed by atoms with Crippen LogP contribution in [0.4, 0.5) is 5.69 Å². The van der Waals surface area contributed by atoms with E-state index in [1.165, 1.54) is 4.90 Å². The van der Waals surface area contributed by atoms with Crippen molar-refractivity contribution in [2.75, 3.05) is 11.4 Å². The average Bonchev–Trinajstić information content (AvgIpc) is 2.34. The molecular weight excluding hydrogens is 376 g/mol. The molecule has 1 heterocycles. The SMILES string of the molecule is CCCC1NC(=O)CN(c2c(Br)cccc2Br)C1=O. The standard InChI is InChI=1S/C13H14Br2N2O2/c1-2-4-10-13(19)17(7-11(18)16-10)12-8(14)5-3-6-9(12)15/h3,5-6,10H,2,4,7H2,1H3,(H,16,18). The molecule has 1 atom stereocenters. The van der Waals surface area contributed by atoms with Gasteiger partial charge in [0, 0.05) is 8.95 Å². The molecule has 1 aliphatic rings. The summed E-state index contributed by atoms with van der Waals surface area (Å²) < 4.78 is 1.58. The Morgan fingerprint density at radius 3 is 2.53 bits per heavy atom. The van der Waals surface area contributed by atoms with E-state index in [4.69, 9.17) is 0 Å². The molecule has 19 heavy (non-hydrogen) atoms. The van der Waals surface area contributed by atoms with Gasteiger partial charge in [0.2, 0.25) is 11.8 Å². The molecule has 1 aromatic carbocycles. The summed E-state index contributed by atoms with van der Waals surface area (Å²) >= 11 is 6.87. The number of para-hydroxylation sites is 1. The highest BCUT2D eigenvalue weighted by atomic mass is 79.9. The van der Waals surface area contributed by atoms with Gasteiger partial charge < -0.3 is 5.32 Å². The molecule has 0 saturated carbocycles. The molecule has 1 unspecified atom stereocenters. The molecule has 0 aliphatic carbocycles. The van der Waals surface area contributed by atoms with E-state index in [1.54, 1.807) is 0 Å². The number of halogens is 2. The summed E-state index contributed by atoms with van der Waals surface area (Å²) in [7, 11) is 0. The Hall–Kier alpha value is -0.880. The second-order valence-corrected chi connectivity index (χ2v) is 6.11. The predicted molar refractivity (Wildman–Crippen MR) is 81.0 cm³/mol. The van der Waals surface area contributed by atoms with Gasteiger partial charge in [0.05, 0.1) is 5.69 Å². The smallest absolute Gasteiger partial charge is 0.250 e. The predicted octanol–water partition coefficient (Wildman–Crippen LogP) is 2.84. The highest BCUT2D eigenvalue weighted by molar-refractivity contribution is 9.11. The van der Waals surface area contributed by atoms with E-state index < -0.39 is 6.04 Å². The maximum Gasteiger partial charge on any atom is 0.250 e. The van der Waals surface area contributed by atoms with Crippen LogP contribution < -0.4 is 10.2 Å². The molecule has 6 heteroatoms. The third-order valence-corrected chi connectivity index (χ3v) is 4.27. The summed E-state index contributed by atoms with van der Waals surface area (Å²) in [6.07, 6.45) is 1.50. The number of carbonyl (C=O) groups is 2. The van der Waals surface area contributed by atoms with Crippen molar-refractivity contribution in [3.8, 4) is 0 Å². The summed E-state index contributed by atoms with van der Waals surface area (Å²) in [4.78, 5) is 25.7. The minimum absolute atomic E-state index is 0.0558. The first kappa shape index (κ1) is 14.5. The Bertz CT molecular complexity index is 499. The highest BCUT2D eigenvalue weighted by Crippen LogP contribution is 2.35. The average molecular weight is 390 g/mol. The molecule has 1 saturated heterocycles. The van der Waals surface area contributed by atoms with Crippen LogP contribution in [0.1, 0.15) is 19.8 Å². The molecule has 2 amide bonds. The zero-order valence-electron chi connectivity index (χ0n) is 10.5. The van der Waals surface area contributed by atoms with E-state index in [2.05, 4.69) is 37.2 Å². The lowest BCUT2D eigenvalue weighted by Gasteiger charge is -2.33. The minimum atomic E-state index is -0.426. The molecule has 2 rings (SSSR count). The van der Waals surface area contributed by atoms with Crippen molar-refractivity contribution in [3.63, 3.8) is 0 Å². The number of amides is 2. The zero-order chi connectivity index (χ0) is 14.0. The minimum Gasteiger partial charge on any atom is -0.343 e. The van der Waals surface area contributed by atoms with Crippen molar-refractivity contribution in [1.29, 1.82) is 0 Å². The van der Waals surface area contributed by atoms with Crippen molar-refractivity contribution >= 4 is 49.4 Å². The lowest BCUT2D eigenvalue weighted by atomic mass is 10.1.